The Kier molecular flexibility index (Phi) is 3.93. The van der Waals surface area contributed by atoms with Crippen molar-refractivity contribution in [1.82, 2.24) is 4.98 Å². The van der Waals surface area contributed by atoms with E-state index in [1.807, 2.05) is 13.0 Å². The quantitative estimate of drug-likeness (QED) is 0.938. The standard InChI is InChI=1S/C13H12BrFN2O/c1-8(16)12-3-2-4-17-13(12)18-11-6-9(14)5-10(15)7-11/h2-8H,16H2,1H3/t8-/m0/s1. The molecule has 1 heterocycles. The molecule has 0 saturated heterocycles. The summed E-state index contributed by atoms with van der Waals surface area (Å²) in [6.45, 7) is 1.84. The Hall–Kier alpha value is -1.46. The van der Waals surface area contributed by atoms with Crippen molar-refractivity contribution in [3.8, 4) is 11.6 Å². The molecule has 94 valence electrons. The number of ether oxygens (including phenoxy) is 1. The van der Waals surface area contributed by atoms with Crippen LogP contribution in [0.25, 0.3) is 0 Å². The van der Waals surface area contributed by atoms with E-state index in [4.69, 9.17) is 10.5 Å². The van der Waals surface area contributed by atoms with Gasteiger partial charge >= 0.3 is 0 Å². The lowest BCUT2D eigenvalue weighted by atomic mass is 10.1. The van der Waals surface area contributed by atoms with E-state index in [9.17, 15) is 4.39 Å². The lowest BCUT2D eigenvalue weighted by Gasteiger charge is -2.12. The molecule has 0 aliphatic heterocycles. The number of rotatable bonds is 3. The first-order chi connectivity index (χ1) is 8.56. The molecule has 0 bridgehead atoms. The molecule has 0 aliphatic rings. The number of halogens is 2. The Morgan fingerprint density at radius 3 is 2.83 bits per heavy atom. The molecule has 5 heteroatoms. The van der Waals surface area contributed by atoms with Gasteiger partial charge in [-0.3, -0.25) is 0 Å². The number of benzene rings is 1. The highest BCUT2D eigenvalue weighted by Crippen LogP contribution is 2.28. The Balaban J connectivity index is 2.34. The van der Waals surface area contributed by atoms with Crippen LogP contribution in [0.15, 0.2) is 41.0 Å². The van der Waals surface area contributed by atoms with Crippen molar-refractivity contribution in [3.63, 3.8) is 0 Å². The average molecular weight is 311 g/mol. The summed E-state index contributed by atoms with van der Waals surface area (Å²) < 4.78 is 19.4. The molecule has 3 nitrogen and oxygen atoms in total. The number of aromatic nitrogens is 1. The maximum Gasteiger partial charge on any atom is 0.223 e. The highest BCUT2D eigenvalue weighted by Gasteiger charge is 2.10. The van der Waals surface area contributed by atoms with Gasteiger partial charge in [0.2, 0.25) is 5.88 Å². The third kappa shape index (κ3) is 3.05. The predicted octanol–water partition coefficient (Wildman–Crippen LogP) is 3.80. The van der Waals surface area contributed by atoms with E-state index in [2.05, 4.69) is 20.9 Å². The average Bonchev–Trinajstić information content (AvgIpc) is 2.27. The number of nitrogens with two attached hydrogens (primary N) is 1. The van der Waals surface area contributed by atoms with Crippen molar-refractivity contribution in [2.24, 2.45) is 5.73 Å². The van der Waals surface area contributed by atoms with Crippen LogP contribution < -0.4 is 10.5 Å². The van der Waals surface area contributed by atoms with Gasteiger partial charge in [-0.15, -0.1) is 0 Å². The summed E-state index contributed by atoms with van der Waals surface area (Å²) in [4.78, 5) is 4.11. The third-order valence-electron chi connectivity index (χ3n) is 2.34. The van der Waals surface area contributed by atoms with Gasteiger partial charge in [-0.2, -0.15) is 0 Å². The largest absolute Gasteiger partial charge is 0.439 e. The molecule has 0 radical (unpaired) electrons. The summed E-state index contributed by atoms with van der Waals surface area (Å²) in [6.07, 6.45) is 1.61. The SMILES string of the molecule is C[C@H](N)c1cccnc1Oc1cc(F)cc(Br)c1. The minimum absolute atomic E-state index is 0.203. The number of hydrogen-bond donors (Lipinski definition) is 1. The fraction of sp³-hybridized carbons (Fsp3) is 0.154. The number of pyridine rings is 1. The van der Waals surface area contributed by atoms with E-state index in [1.165, 1.54) is 12.1 Å². The summed E-state index contributed by atoms with van der Waals surface area (Å²) in [5.41, 5.74) is 6.60. The van der Waals surface area contributed by atoms with E-state index in [1.54, 1.807) is 18.3 Å². The summed E-state index contributed by atoms with van der Waals surface area (Å²) in [6, 6.07) is 7.74. The van der Waals surface area contributed by atoms with Crippen molar-refractivity contribution in [3.05, 3.63) is 52.4 Å². The molecule has 0 amide bonds. The molecule has 1 atom stereocenters. The van der Waals surface area contributed by atoms with E-state index < -0.39 is 0 Å². The second-order valence-corrected chi connectivity index (χ2v) is 4.81. The zero-order valence-electron chi connectivity index (χ0n) is 9.73. The van der Waals surface area contributed by atoms with Gasteiger partial charge in [0.15, 0.2) is 0 Å². The highest BCUT2D eigenvalue weighted by atomic mass is 79.9. The Morgan fingerprint density at radius 2 is 2.17 bits per heavy atom. The van der Waals surface area contributed by atoms with Crippen LogP contribution in [0.1, 0.15) is 18.5 Å². The molecular weight excluding hydrogens is 299 g/mol. The molecule has 2 aromatic rings. The minimum Gasteiger partial charge on any atom is -0.439 e. The monoisotopic (exact) mass is 310 g/mol. The van der Waals surface area contributed by atoms with Crippen LogP contribution in [0.2, 0.25) is 0 Å². The van der Waals surface area contributed by atoms with Crippen molar-refractivity contribution in [2.45, 2.75) is 13.0 Å². The smallest absolute Gasteiger partial charge is 0.223 e. The molecule has 0 spiro atoms. The molecule has 18 heavy (non-hydrogen) atoms. The second kappa shape index (κ2) is 5.46. The Bertz CT molecular complexity index is 540. The van der Waals surface area contributed by atoms with Gasteiger partial charge in [0.1, 0.15) is 11.6 Å². The molecule has 1 aromatic carbocycles. The van der Waals surface area contributed by atoms with Gasteiger partial charge in [-0.1, -0.05) is 22.0 Å². The van der Waals surface area contributed by atoms with Crippen LogP contribution in [0.5, 0.6) is 11.6 Å². The lowest BCUT2D eigenvalue weighted by Crippen LogP contribution is -2.07. The van der Waals surface area contributed by atoms with Crippen LogP contribution in [-0.4, -0.2) is 4.98 Å². The van der Waals surface area contributed by atoms with Crippen molar-refractivity contribution in [2.75, 3.05) is 0 Å². The van der Waals surface area contributed by atoms with E-state index in [0.717, 1.165) is 5.56 Å². The normalized spacial score (nSPS) is 12.2. The Morgan fingerprint density at radius 1 is 1.39 bits per heavy atom. The summed E-state index contributed by atoms with van der Waals surface area (Å²) in [5, 5.41) is 0. The van der Waals surface area contributed by atoms with Crippen LogP contribution in [0, 0.1) is 5.82 Å². The first-order valence-corrected chi connectivity index (χ1v) is 6.20. The number of nitrogens with zero attached hydrogens (tertiary/aromatic N) is 1. The molecule has 0 aliphatic carbocycles. The van der Waals surface area contributed by atoms with E-state index in [0.29, 0.717) is 16.1 Å². The van der Waals surface area contributed by atoms with Crippen LogP contribution in [-0.2, 0) is 0 Å². The van der Waals surface area contributed by atoms with E-state index >= 15 is 0 Å². The van der Waals surface area contributed by atoms with Crippen molar-refractivity contribution >= 4 is 15.9 Å². The third-order valence-corrected chi connectivity index (χ3v) is 2.80. The topological polar surface area (TPSA) is 48.1 Å². The summed E-state index contributed by atoms with van der Waals surface area (Å²) in [5.74, 6) is 0.394. The molecule has 0 fully saturated rings. The van der Waals surface area contributed by atoms with Crippen LogP contribution in [0.4, 0.5) is 4.39 Å². The molecule has 2 N–H and O–H groups in total. The summed E-state index contributed by atoms with van der Waals surface area (Å²) >= 11 is 3.21. The van der Waals surface area contributed by atoms with E-state index in [-0.39, 0.29) is 11.9 Å². The second-order valence-electron chi connectivity index (χ2n) is 3.89. The van der Waals surface area contributed by atoms with Gasteiger partial charge in [0.05, 0.1) is 0 Å². The van der Waals surface area contributed by atoms with Gasteiger partial charge in [0.25, 0.3) is 0 Å². The Labute approximate surface area is 113 Å². The van der Waals surface area contributed by atoms with Gasteiger partial charge < -0.3 is 10.5 Å². The van der Waals surface area contributed by atoms with Crippen LogP contribution in [0.3, 0.4) is 0 Å². The molecular formula is C13H12BrFN2O. The molecule has 1 aromatic heterocycles. The zero-order chi connectivity index (χ0) is 13.1. The highest BCUT2D eigenvalue weighted by molar-refractivity contribution is 9.10. The molecule has 0 saturated carbocycles. The predicted molar refractivity (Wildman–Crippen MR) is 71.0 cm³/mol. The lowest BCUT2D eigenvalue weighted by molar-refractivity contribution is 0.447. The van der Waals surface area contributed by atoms with Crippen molar-refractivity contribution < 1.29 is 9.13 Å². The van der Waals surface area contributed by atoms with Gasteiger partial charge in [-0.25, -0.2) is 9.37 Å². The zero-order valence-corrected chi connectivity index (χ0v) is 11.3. The van der Waals surface area contributed by atoms with Gasteiger partial charge in [-0.05, 0) is 25.1 Å². The maximum absolute atomic E-state index is 13.2. The van der Waals surface area contributed by atoms with Crippen LogP contribution >= 0.6 is 15.9 Å². The van der Waals surface area contributed by atoms with Crippen molar-refractivity contribution in [1.29, 1.82) is 0 Å². The molecule has 0 unspecified atom stereocenters. The fourth-order valence-corrected chi connectivity index (χ4v) is 1.98. The minimum atomic E-state index is -0.377. The first kappa shape index (κ1) is 13.0. The van der Waals surface area contributed by atoms with Gasteiger partial charge in [0, 0.05) is 28.3 Å². The fourth-order valence-electron chi connectivity index (χ4n) is 1.53. The maximum atomic E-state index is 13.2. The number of hydrogen-bond acceptors (Lipinski definition) is 3. The first-order valence-electron chi connectivity index (χ1n) is 5.40. The molecule has 2 rings (SSSR count). The summed E-state index contributed by atoms with van der Waals surface area (Å²) in [7, 11) is 0.